The first-order chi connectivity index (χ1) is 14.1. The number of aliphatic hydroxyl groups excluding tert-OH is 1. The minimum absolute atomic E-state index is 0.307. The van der Waals surface area contributed by atoms with Crippen molar-refractivity contribution < 1.29 is 24.3 Å². The highest BCUT2D eigenvalue weighted by Crippen LogP contribution is 2.36. The van der Waals surface area contributed by atoms with E-state index in [0.717, 1.165) is 79.7 Å². The predicted molar refractivity (Wildman–Crippen MR) is 111 cm³/mol. The average Bonchev–Trinajstić information content (AvgIpc) is 3.05. The Bertz CT molecular complexity index is 881. The Morgan fingerprint density at radius 1 is 1.38 bits per heavy atom. The summed E-state index contributed by atoms with van der Waals surface area (Å²) in [4.78, 5) is 27.1. The molecule has 2 fully saturated rings. The van der Waals surface area contributed by atoms with Crippen molar-refractivity contribution in [2.75, 3.05) is 50.9 Å². The number of carbonyl (C=O) groups excluding carboxylic acids is 1. The Hall–Kier alpha value is -1.81. The molecule has 2 aliphatic heterocycles. The number of esters is 1. The molecule has 0 radical (unpaired) electrons. The number of piperidine rings is 1. The fourth-order valence-electron chi connectivity index (χ4n) is 4.07. The summed E-state index contributed by atoms with van der Waals surface area (Å²) in [5.41, 5.74) is 0.865. The highest BCUT2D eigenvalue weighted by Gasteiger charge is 2.27. The number of nitrogens with one attached hydrogen (secondary N) is 1. The summed E-state index contributed by atoms with van der Waals surface area (Å²) in [6.07, 6.45) is 1.38. The molecule has 158 valence electrons. The van der Waals surface area contributed by atoms with Gasteiger partial charge in [-0.25, -0.2) is 14.8 Å². The number of ether oxygens (including phenoxy) is 2. The van der Waals surface area contributed by atoms with Crippen LogP contribution in [0.4, 0.5) is 5.82 Å². The van der Waals surface area contributed by atoms with Crippen LogP contribution in [-0.2, 0) is 16.0 Å². The minimum Gasteiger partial charge on any atom is -0.462 e. The number of anilines is 1. The molecule has 2 aromatic heterocycles. The molecule has 8 nitrogen and oxygen atoms in total. The van der Waals surface area contributed by atoms with Crippen LogP contribution in [0.2, 0.25) is 0 Å². The van der Waals surface area contributed by atoms with Gasteiger partial charge in [-0.05, 0) is 32.3 Å². The van der Waals surface area contributed by atoms with Gasteiger partial charge >= 0.3 is 5.97 Å². The number of β-amino-alcohol motifs (C(OH)–C–C–N with tert-alkyl or cyclic N) is 1. The summed E-state index contributed by atoms with van der Waals surface area (Å²) < 4.78 is 10.7. The third kappa shape index (κ3) is 4.37. The number of aryl methyl sites for hydroxylation is 1. The average molecular weight is 422 g/mol. The van der Waals surface area contributed by atoms with Gasteiger partial charge < -0.3 is 24.4 Å². The Morgan fingerprint density at radius 2 is 2.17 bits per heavy atom. The van der Waals surface area contributed by atoms with Crippen LogP contribution >= 0.6 is 11.3 Å². The van der Waals surface area contributed by atoms with Crippen molar-refractivity contribution in [3.05, 3.63) is 16.3 Å². The molecule has 1 atom stereocenters. The van der Waals surface area contributed by atoms with Crippen molar-refractivity contribution in [2.45, 2.75) is 39.3 Å². The molecule has 29 heavy (non-hydrogen) atoms. The van der Waals surface area contributed by atoms with E-state index in [1.54, 1.807) is 0 Å². The highest BCUT2D eigenvalue weighted by atomic mass is 32.1. The zero-order valence-corrected chi connectivity index (χ0v) is 17.9. The molecule has 0 amide bonds. The second-order valence-corrected chi connectivity index (χ2v) is 8.70. The molecule has 2 N–H and O–H groups in total. The van der Waals surface area contributed by atoms with E-state index in [1.807, 2.05) is 13.8 Å². The number of thiophene rings is 1. The second-order valence-electron chi connectivity index (χ2n) is 7.70. The van der Waals surface area contributed by atoms with Gasteiger partial charge in [0.2, 0.25) is 0 Å². The SMILES string of the molecule is CCOC(=O)c1sc2nc(C[NH+]3CCOCC3)nc(N3CCC[C@@H](O)C3)c2c1C. The number of morpholine rings is 1. The van der Waals surface area contributed by atoms with Gasteiger partial charge in [-0.2, -0.15) is 0 Å². The third-order valence-corrected chi connectivity index (χ3v) is 6.75. The number of quaternary nitrogens is 1. The first-order valence-electron chi connectivity index (χ1n) is 10.4. The molecule has 2 aliphatic rings. The third-order valence-electron chi connectivity index (χ3n) is 5.58. The standard InChI is InChI=1S/C20H28N4O4S/c1-3-28-20(26)17-13(2)16-18(24-6-4-5-14(25)11-24)21-15(22-19(16)29-17)12-23-7-9-27-10-8-23/h14,25H,3-12H2,1-2H3/p+1/t14-/m1/s1. The van der Waals surface area contributed by atoms with Crippen molar-refractivity contribution in [2.24, 2.45) is 0 Å². The van der Waals surface area contributed by atoms with Gasteiger partial charge in [-0.3, -0.25) is 0 Å². The van der Waals surface area contributed by atoms with Crippen LogP contribution in [0.5, 0.6) is 0 Å². The number of rotatable bonds is 5. The molecule has 2 saturated heterocycles. The van der Waals surface area contributed by atoms with Crippen molar-refractivity contribution in [1.29, 1.82) is 0 Å². The Kier molecular flexibility index (Phi) is 6.29. The molecule has 0 spiro atoms. The van der Waals surface area contributed by atoms with Crippen LogP contribution in [0.25, 0.3) is 10.2 Å². The zero-order valence-electron chi connectivity index (χ0n) is 17.1. The lowest BCUT2D eigenvalue weighted by atomic mass is 10.1. The fourth-order valence-corrected chi connectivity index (χ4v) is 5.16. The van der Waals surface area contributed by atoms with Gasteiger partial charge in [0.05, 0.1) is 31.3 Å². The Labute approximate surface area is 174 Å². The predicted octanol–water partition coefficient (Wildman–Crippen LogP) is 0.553. The molecular weight excluding hydrogens is 392 g/mol. The number of fused-ring (bicyclic) bond motifs is 1. The number of carbonyl (C=O) groups is 1. The molecule has 0 aliphatic carbocycles. The van der Waals surface area contributed by atoms with Crippen molar-refractivity contribution in [3.8, 4) is 0 Å². The van der Waals surface area contributed by atoms with Crippen LogP contribution in [0.15, 0.2) is 0 Å². The molecule has 0 bridgehead atoms. The van der Waals surface area contributed by atoms with E-state index in [4.69, 9.17) is 19.4 Å². The van der Waals surface area contributed by atoms with Gasteiger partial charge in [-0.1, -0.05) is 0 Å². The molecule has 0 saturated carbocycles. The molecule has 4 rings (SSSR count). The molecule has 4 heterocycles. The lowest BCUT2D eigenvalue weighted by Crippen LogP contribution is -3.12. The van der Waals surface area contributed by atoms with E-state index < -0.39 is 0 Å². The number of aliphatic hydroxyl groups is 1. The fraction of sp³-hybridized carbons (Fsp3) is 0.650. The van der Waals surface area contributed by atoms with Crippen molar-refractivity contribution in [3.63, 3.8) is 0 Å². The van der Waals surface area contributed by atoms with Crippen LogP contribution in [-0.4, -0.2) is 73.1 Å². The number of hydrogen-bond donors (Lipinski definition) is 2. The van der Waals surface area contributed by atoms with Crippen molar-refractivity contribution >= 4 is 33.3 Å². The second kappa shape index (κ2) is 8.91. The lowest BCUT2D eigenvalue weighted by molar-refractivity contribution is -0.922. The van der Waals surface area contributed by atoms with E-state index in [0.29, 0.717) is 18.0 Å². The van der Waals surface area contributed by atoms with Gasteiger partial charge in [0.1, 0.15) is 35.2 Å². The molecular formula is C20H29N4O4S+. The van der Waals surface area contributed by atoms with Crippen LogP contribution in [0, 0.1) is 6.92 Å². The Balaban J connectivity index is 1.76. The summed E-state index contributed by atoms with van der Waals surface area (Å²) in [7, 11) is 0. The minimum atomic E-state index is -0.356. The summed E-state index contributed by atoms with van der Waals surface area (Å²) in [5, 5.41) is 11.1. The largest absolute Gasteiger partial charge is 0.462 e. The quantitative estimate of drug-likeness (QED) is 0.682. The van der Waals surface area contributed by atoms with E-state index in [1.165, 1.54) is 16.2 Å². The van der Waals surface area contributed by atoms with E-state index >= 15 is 0 Å². The van der Waals surface area contributed by atoms with Gasteiger partial charge in [0.15, 0.2) is 5.82 Å². The van der Waals surface area contributed by atoms with Crippen molar-refractivity contribution in [1.82, 2.24) is 9.97 Å². The van der Waals surface area contributed by atoms with E-state index in [9.17, 15) is 9.90 Å². The summed E-state index contributed by atoms with van der Waals surface area (Å²) >= 11 is 1.38. The molecule has 0 aromatic carbocycles. The number of nitrogens with zero attached hydrogens (tertiary/aromatic N) is 3. The smallest absolute Gasteiger partial charge is 0.348 e. The maximum Gasteiger partial charge on any atom is 0.348 e. The molecule has 9 heteroatoms. The van der Waals surface area contributed by atoms with Crippen LogP contribution in [0.1, 0.15) is 40.8 Å². The number of aromatic nitrogens is 2. The Morgan fingerprint density at radius 3 is 2.90 bits per heavy atom. The zero-order chi connectivity index (χ0) is 20.4. The first-order valence-corrected chi connectivity index (χ1v) is 11.2. The molecule has 0 unspecified atom stereocenters. The summed E-state index contributed by atoms with van der Waals surface area (Å²) in [5.74, 6) is 1.31. The maximum atomic E-state index is 12.4. The van der Waals surface area contributed by atoms with Crippen LogP contribution in [0.3, 0.4) is 0 Å². The topological polar surface area (TPSA) is 89.2 Å². The lowest BCUT2D eigenvalue weighted by Gasteiger charge is -2.32. The monoisotopic (exact) mass is 421 g/mol. The summed E-state index contributed by atoms with van der Waals surface area (Å²) in [6, 6.07) is 0. The maximum absolute atomic E-state index is 12.4. The van der Waals surface area contributed by atoms with Crippen LogP contribution < -0.4 is 9.80 Å². The number of hydrogen-bond acceptors (Lipinski definition) is 8. The highest BCUT2D eigenvalue weighted by molar-refractivity contribution is 7.20. The van der Waals surface area contributed by atoms with Gasteiger partial charge in [-0.15, -0.1) is 11.3 Å². The first kappa shape index (κ1) is 20.5. The van der Waals surface area contributed by atoms with E-state index in [-0.39, 0.29) is 12.1 Å². The van der Waals surface area contributed by atoms with E-state index in [2.05, 4.69) is 4.90 Å². The molecule has 2 aromatic rings. The van der Waals surface area contributed by atoms with Gasteiger partial charge in [0, 0.05) is 13.1 Å². The normalized spacial score (nSPS) is 20.9. The summed E-state index contributed by atoms with van der Waals surface area (Å²) in [6.45, 7) is 9.62. The van der Waals surface area contributed by atoms with Gasteiger partial charge in [0.25, 0.3) is 0 Å².